The van der Waals surface area contributed by atoms with Crippen molar-refractivity contribution in [3.8, 4) is 5.75 Å². The molecule has 1 fully saturated rings. The number of benzene rings is 2. The maximum atomic E-state index is 12.7. The molecule has 5 nitrogen and oxygen atoms in total. The van der Waals surface area contributed by atoms with Crippen LogP contribution in [0.1, 0.15) is 18.1 Å². The lowest BCUT2D eigenvalue weighted by Crippen LogP contribution is -3.29. The van der Waals surface area contributed by atoms with Crippen molar-refractivity contribution in [3.05, 3.63) is 59.7 Å². The van der Waals surface area contributed by atoms with Crippen LogP contribution in [0.5, 0.6) is 5.75 Å². The Kier molecular flexibility index (Phi) is 6.48. The van der Waals surface area contributed by atoms with Gasteiger partial charge < -0.3 is 19.9 Å². The maximum Gasteiger partial charge on any atom is 0.282 e. The van der Waals surface area contributed by atoms with Gasteiger partial charge in [0.15, 0.2) is 6.04 Å². The number of carbonyl (C=O) groups excluding carboxylic acids is 1. The van der Waals surface area contributed by atoms with Gasteiger partial charge in [-0.2, -0.15) is 0 Å². The second kappa shape index (κ2) is 9.02. The van der Waals surface area contributed by atoms with Gasteiger partial charge in [0.2, 0.25) is 0 Å². The number of quaternary nitrogens is 2. The van der Waals surface area contributed by atoms with Crippen molar-refractivity contribution < 1.29 is 19.3 Å². The molecule has 0 spiro atoms. The van der Waals surface area contributed by atoms with Crippen LogP contribution in [0.3, 0.4) is 0 Å². The first kappa shape index (κ1) is 19.4. The Morgan fingerprint density at radius 1 is 1.11 bits per heavy atom. The van der Waals surface area contributed by atoms with Crippen LogP contribution in [-0.2, 0) is 11.3 Å². The Morgan fingerprint density at radius 3 is 2.56 bits per heavy atom. The van der Waals surface area contributed by atoms with E-state index in [1.165, 1.54) is 16.0 Å². The lowest BCUT2D eigenvalue weighted by molar-refractivity contribution is -1.02. The number of nitrogens with one attached hydrogen (secondary N) is 3. The number of ether oxygens (including phenoxy) is 1. The first-order chi connectivity index (χ1) is 13.1. The summed E-state index contributed by atoms with van der Waals surface area (Å²) in [5.41, 5.74) is 3.45. The van der Waals surface area contributed by atoms with Crippen molar-refractivity contribution in [1.82, 2.24) is 0 Å². The molecule has 3 N–H and O–H groups in total. The third-order valence-electron chi connectivity index (χ3n) is 5.51. The van der Waals surface area contributed by atoms with Crippen LogP contribution in [-0.4, -0.2) is 45.2 Å². The minimum Gasteiger partial charge on any atom is -0.495 e. The van der Waals surface area contributed by atoms with Gasteiger partial charge in [0.05, 0.1) is 12.8 Å². The monoisotopic (exact) mass is 369 g/mol. The standard InChI is InChI=1S/C22H29N3O2/c1-17-7-6-8-19(15-17)16-24-11-13-25(14-12-24)18(2)22(26)23-20-9-4-5-10-21(20)27-3/h4-10,15,18H,11-14,16H2,1-3H3,(H,23,26)/p+2/t18-/m0/s1. The van der Waals surface area contributed by atoms with Crippen LogP contribution >= 0.6 is 0 Å². The van der Waals surface area contributed by atoms with Gasteiger partial charge in [0.25, 0.3) is 5.91 Å². The number of methoxy groups -OCH3 is 1. The fourth-order valence-corrected chi connectivity index (χ4v) is 3.82. The van der Waals surface area contributed by atoms with E-state index < -0.39 is 0 Å². The normalized spacial score (nSPS) is 20.7. The number of carbonyl (C=O) groups is 1. The average Bonchev–Trinajstić information content (AvgIpc) is 2.68. The summed E-state index contributed by atoms with van der Waals surface area (Å²) in [7, 11) is 1.62. The molecule has 1 heterocycles. The van der Waals surface area contributed by atoms with E-state index in [4.69, 9.17) is 4.74 Å². The Bertz CT molecular complexity index is 770. The van der Waals surface area contributed by atoms with E-state index >= 15 is 0 Å². The zero-order chi connectivity index (χ0) is 19.2. The molecule has 1 aliphatic rings. The fraction of sp³-hybridized carbons (Fsp3) is 0.409. The molecule has 0 radical (unpaired) electrons. The van der Waals surface area contributed by atoms with Gasteiger partial charge in [-0.25, -0.2) is 0 Å². The third-order valence-corrected chi connectivity index (χ3v) is 5.51. The van der Waals surface area contributed by atoms with Gasteiger partial charge in [-0.15, -0.1) is 0 Å². The molecular weight excluding hydrogens is 338 g/mol. The van der Waals surface area contributed by atoms with Gasteiger partial charge >= 0.3 is 0 Å². The topological polar surface area (TPSA) is 47.2 Å². The van der Waals surface area contributed by atoms with Crippen LogP contribution in [0.4, 0.5) is 5.69 Å². The van der Waals surface area contributed by atoms with E-state index in [2.05, 4.69) is 36.5 Å². The molecule has 144 valence electrons. The highest BCUT2D eigenvalue weighted by Gasteiger charge is 2.31. The second-order valence-corrected chi connectivity index (χ2v) is 7.49. The van der Waals surface area contributed by atoms with Crippen molar-refractivity contribution in [2.24, 2.45) is 0 Å². The fourth-order valence-electron chi connectivity index (χ4n) is 3.82. The van der Waals surface area contributed by atoms with Crippen LogP contribution in [0.2, 0.25) is 0 Å². The Labute approximate surface area is 161 Å². The van der Waals surface area contributed by atoms with E-state index in [0.29, 0.717) is 5.75 Å². The summed E-state index contributed by atoms with van der Waals surface area (Å²) in [6.07, 6.45) is 0. The molecule has 0 aliphatic carbocycles. The van der Waals surface area contributed by atoms with Crippen LogP contribution in [0, 0.1) is 6.92 Å². The van der Waals surface area contributed by atoms with Crippen LogP contribution in [0.15, 0.2) is 48.5 Å². The lowest BCUT2D eigenvalue weighted by Gasteiger charge is -2.32. The van der Waals surface area contributed by atoms with Gasteiger partial charge in [-0.1, -0.05) is 42.0 Å². The molecule has 1 amide bonds. The predicted molar refractivity (Wildman–Crippen MR) is 107 cm³/mol. The van der Waals surface area contributed by atoms with Crippen molar-refractivity contribution >= 4 is 11.6 Å². The zero-order valence-electron chi connectivity index (χ0n) is 16.5. The molecule has 2 aromatic rings. The number of para-hydroxylation sites is 2. The molecule has 0 saturated carbocycles. The largest absolute Gasteiger partial charge is 0.495 e. The molecule has 0 aromatic heterocycles. The minimum absolute atomic E-state index is 0.0524. The summed E-state index contributed by atoms with van der Waals surface area (Å²) >= 11 is 0. The highest BCUT2D eigenvalue weighted by atomic mass is 16.5. The van der Waals surface area contributed by atoms with Crippen LogP contribution < -0.4 is 19.9 Å². The number of amides is 1. The van der Waals surface area contributed by atoms with E-state index in [-0.39, 0.29) is 11.9 Å². The first-order valence-electron chi connectivity index (χ1n) is 9.74. The number of hydrogen-bond acceptors (Lipinski definition) is 2. The number of hydrogen-bond donors (Lipinski definition) is 3. The average molecular weight is 370 g/mol. The molecule has 5 heteroatoms. The Balaban J connectivity index is 1.51. The predicted octanol–water partition coefficient (Wildman–Crippen LogP) is 0.314. The maximum absolute atomic E-state index is 12.7. The van der Waals surface area contributed by atoms with Gasteiger partial charge in [0, 0.05) is 5.56 Å². The summed E-state index contributed by atoms with van der Waals surface area (Å²) < 4.78 is 5.33. The van der Waals surface area contributed by atoms with Gasteiger partial charge in [-0.3, -0.25) is 4.79 Å². The molecule has 0 unspecified atom stereocenters. The quantitative estimate of drug-likeness (QED) is 0.687. The molecule has 2 aromatic carbocycles. The van der Waals surface area contributed by atoms with E-state index in [9.17, 15) is 4.79 Å². The number of piperazine rings is 1. The van der Waals surface area contributed by atoms with E-state index in [1.807, 2.05) is 31.2 Å². The Morgan fingerprint density at radius 2 is 1.85 bits per heavy atom. The number of aryl methyl sites for hydroxylation is 1. The molecule has 1 saturated heterocycles. The minimum atomic E-state index is -0.0737. The molecular formula is C22H31N3O2+2. The third kappa shape index (κ3) is 5.08. The summed E-state index contributed by atoms with van der Waals surface area (Å²) in [6, 6.07) is 16.2. The first-order valence-corrected chi connectivity index (χ1v) is 9.74. The van der Waals surface area contributed by atoms with Gasteiger partial charge in [-0.05, 0) is 26.0 Å². The highest BCUT2D eigenvalue weighted by molar-refractivity contribution is 5.94. The van der Waals surface area contributed by atoms with Crippen molar-refractivity contribution in [1.29, 1.82) is 0 Å². The number of rotatable bonds is 6. The Hall–Kier alpha value is -2.37. The van der Waals surface area contributed by atoms with Gasteiger partial charge in [0.1, 0.15) is 38.5 Å². The lowest BCUT2D eigenvalue weighted by atomic mass is 10.1. The molecule has 1 aliphatic heterocycles. The van der Waals surface area contributed by atoms with Crippen molar-refractivity contribution in [2.45, 2.75) is 26.4 Å². The van der Waals surface area contributed by atoms with Crippen molar-refractivity contribution in [2.75, 3.05) is 38.6 Å². The number of anilines is 1. The summed E-state index contributed by atoms with van der Waals surface area (Å²) in [4.78, 5) is 15.7. The van der Waals surface area contributed by atoms with E-state index in [1.54, 1.807) is 12.0 Å². The summed E-state index contributed by atoms with van der Waals surface area (Å²) in [5.74, 6) is 0.747. The summed E-state index contributed by atoms with van der Waals surface area (Å²) in [6.45, 7) is 9.44. The van der Waals surface area contributed by atoms with Crippen LogP contribution in [0.25, 0.3) is 0 Å². The molecule has 1 atom stereocenters. The SMILES string of the molecule is COc1ccccc1NC(=O)[C@H](C)[NH+]1CC[NH+](Cc2cccc(C)c2)CC1. The molecule has 27 heavy (non-hydrogen) atoms. The summed E-state index contributed by atoms with van der Waals surface area (Å²) in [5, 5.41) is 3.02. The smallest absolute Gasteiger partial charge is 0.282 e. The second-order valence-electron chi connectivity index (χ2n) is 7.49. The van der Waals surface area contributed by atoms with E-state index in [0.717, 1.165) is 38.4 Å². The molecule has 3 rings (SSSR count). The zero-order valence-corrected chi connectivity index (χ0v) is 16.5. The molecule has 0 bridgehead atoms. The van der Waals surface area contributed by atoms with Crippen molar-refractivity contribution in [3.63, 3.8) is 0 Å². The highest BCUT2D eigenvalue weighted by Crippen LogP contribution is 2.22.